The second-order valence-corrected chi connectivity index (χ2v) is 5.40. The minimum atomic E-state index is -0.240. The van der Waals surface area contributed by atoms with Gasteiger partial charge >= 0.3 is 0 Å². The third-order valence-corrected chi connectivity index (χ3v) is 3.27. The van der Waals surface area contributed by atoms with Gasteiger partial charge in [-0.3, -0.25) is 9.59 Å². The molecule has 1 aliphatic rings. The highest BCUT2D eigenvalue weighted by Crippen LogP contribution is 2.25. The molecule has 0 radical (unpaired) electrons. The van der Waals surface area contributed by atoms with Crippen LogP contribution in [0.4, 0.5) is 5.69 Å². The normalized spacial score (nSPS) is 19.1. The number of nitrogens with zero attached hydrogens (tertiary/aromatic N) is 1. The van der Waals surface area contributed by atoms with Gasteiger partial charge in [-0.25, -0.2) is 0 Å². The van der Waals surface area contributed by atoms with E-state index in [-0.39, 0.29) is 23.8 Å². The molecule has 1 saturated heterocycles. The van der Waals surface area contributed by atoms with Crippen LogP contribution in [0, 0.1) is 12.8 Å². The van der Waals surface area contributed by atoms with Gasteiger partial charge < -0.3 is 10.2 Å². The first kappa shape index (κ1) is 13.6. The lowest BCUT2D eigenvalue weighted by molar-refractivity contribution is -0.126. The van der Waals surface area contributed by atoms with Crippen LogP contribution in [-0.2, 0) is 9.59 Å². The van der Waals surface area contributed by atoms with Gasteiger partial charge in [0.05, 0.1) is 5.92 Å². The second kappa shape index (κ2) is 5.43. The molecule has 1 N–H and O–H groups in total. The Morgan fingerprint density at radius 1 is 1.32 bits per heavy atom. The average Bonchev–Trinajstić information content (AvgIpc) is 2.72. The number of rotatable bonds is 3. The van der Waals surface area contributed by atoms with E-state index in [0.717, 1.165) is 11.3 Å². The van der Waals surface area contributed by atoms with Crippen molar-refractivity contribution in [1.29, 1.82) is 0 Å². The van der Waals surface area contributed by atoms with Crippen LogP contribution < -0.4 is 10.2 Å². The molecule has 1 atom stereocenters. The number of hydrogen-bond donors (Lipinski definition) is 1. The number of amides is 2. The van der Waals surface area contributed by atoms with Crippen molar-refractivity contribution >= 4 is 17.5 Å². The van der Waals surface area contributed by atoms with Crippen molar-refractivity contribution in [2.45, 2.75) is 33.2 Å². The molecule has 4 heteroatoms. The molecular weight excluding hydrogens is 240 g/mol. The number of nitrogens with one attached hydrogen (secondary N) is 1. The summed E-state index contributed by atoms with van der Waals surface area (Å²) >= 11 is 0. The second-order valence-electron chi connectivity index (χ2n) is 5.40. The maximum absolute atomic E-state index is 12.0. The molecule has 2 rings (SSSR count). The highest BCUT2D eigenvalue weighted by Gasteiger charge is 2.35. The number of aryl methyl sites for hydroxylation is 1. The van der Waals surface area contributed by atoms with E-state index in [1.165, 1.54) is 0 Å². The summed E-state index contributed by atoms with van der Waals surface area (Å²) in [6.45, 7) is 6.33. The number of anilines is 1. The average molecular weight is 260 g/mol. The molecule has 102 valence electrons. The van der Waals surface area contributed by atoms with Gasteiger partial charge in [0, 0.05) is 24.7 Å². The van der Waals surface area contributed by atoms with Gasteiger partial charge in [-0.05, 0) is 32.9 Å². The molecule has 1 unspecified atom stereocenters. The minimum Gasteiger partial charge on any atom is -0.354 e. The molecule has 0 aliphatic carbocycles. The van der Waals surface area contributed by atoms with Crippen molar-refractivity contribution in [1.82, 2.24) is 5.32 Å². The number of hydrogen-bond acceptors (Lipinski definition) is 2. The largest absolute Gasteiger partial charge is 0.354 e. The molecular formula is C15H20N2O2. The molecule has 1 aromatic rings. The zero-order valence-corrected chi connectivity index (χ0v) is 11.6. The Morgan fingerprint density at radius 3 is 2.53 bits per heavy atom. The van der Waals surface area contributed by atoms with E-state index < -0.39 is 0 Å². The predicted octanol–water partition coefficient (Wildman–Crippen LogP) is 1.87. The molecule has 1 fully saturated rings. The summed E-state index contributed by atoms with van der Waals surface area (Å²) in [5, 5.41) is 2.87. The summed E-state index contributed by atoms with van der Waals surface area (Å²) in [6, 6.07) is 7.91. The van der Waals surface area contributed by atoms with Crippen molar-refractivity contribution in [3.05, 3.63) is 29.8 Å². The minimum absolute atomic E-state index is 0.0211. The van der Waals surface area contributed by atoms with Gasteiger partial charge in [0.25, 0.3) is 0 Å². The summed E-state index contributed by atoms with van der Waals surface area (Å²) in [5.74, 6) is -0.248. The van der Waals surface area contributed by atoms with Crippen LogP contribution in [-0.4, -0.2) is 24.4 Å². The first-order valence-corrected chi connectivity index (χ1v) is 6.65. The Hall–Kier alpha value is -1.84. The molecule has 4 nitrogen and oxygen atoms in total. The van der Waals surface area contributed by atoms with E-state index >= 15 is 0 Å². The first-order valence-electron chi connectivity index (χ1n) is 6.65. The third kappa shape index (κ3) is 3.13. The van der Waals surface area contributed by atoms with Crippen LogP contribution in [0.1, 0.15) is 25.8 Å². The van der Waals surface area contributed by atoms with Crippen molar-refractivity contribution in [2.24, 2.45) is 5.92 Å². The van der Waals surface area contributed by atoms with Crippen LogP contribution in [0.25, 0.3) is 0 Å². The van der Waals surface area contributed by atoms with Gasteiger partial charge in [-0.15, -0.1) is 0 Å². The van der Waals surface area contributed by atoms with Crippen LogP contribution in [0.3, 0.4) is 0 Å². The summed E-state index contributed by atoms with van der Waals surface area (Å²) in [7, 11) is 0. The maximum Gasteiger partial charge on any atom is 0.227 e. The Bertz CT molecular complexity index is 479. The third-order valence-electron chi connectivity index (χ3n) is 3.27. The van der Waals surface area contributed by atoms with Gasteiger partial charge in [0.2, 0.25) is 11.8 Å². The lowest BCUT2D eigenvalue weighted by Gasteiger charge is -2.17. The Balaban J connectivity index is 2.07. The molecule has 0 spiro atoms. The smallest absolute Gasteiger partial charge is 0.227 e. The van der Waals surface area contributed by atoms with E-state index in [9.17, 15) is 9.59 Å². The van der Waals surface area contributed by atoms with Gasteiger partial charge in [0.1, 0.15) is 0 Å². The van der Waals surface area contributed by atoms with Crippen molar-refractivity contribution in [2.75, 3.05) is 11.4 Å². The van der Waals surface area contributed by atoms with Crippen LogP contribution >= 0.6 is 0 Å². The zero-order valence-electron chi connectivity index (χ0n) is 11.6. The lowest BCUT2D eigenvalue weighted by atomic mass is 10.1. The summed E-state index contributed by atoms with van der Waals surface area (Å²) in [5.41, 5.74) is 2.03. The predicted molar refractivity (Wildman–Crippen MR) is 74.9 cm³/mol. The van der Waals surface area contributed by atoms with Crippen molar-refractivity contribution in [3.63, 3.8) is 0 Å². The topological polar surface area (TPSA) is 49.4 Å². The van der Waals surface area contributed by atoms with E-state index in [2.05, 4.69) is 5.32 Å². The highest BCUT2D eigenvalue weighted by atomic mass is 16.2. The fourth-order valence-electron chi connectivity index (χ4n) is 2.26. The van der Waals surface area contributed by atoms with Crippen molar-refractivity contribution in [3.8, 4) is 0 Å². The Morgan fingerprint density at radius 2 is 1.95 bits per heavy atom. The van der Waals surface area contributed by atoms with Gasteiger partial charge in [0.15, 0.2) is 0 Å². The SMILES string of the molecule is Cc1ccc(N2CC(C(=O)NC(C)C)CC2=O)cc1. The van der Waals surface area contributed by atoms with Crippen LogP contribution in [0.2, 0.25) is 0 Å². The quantitative estimate of drug-likeness (QED) is 0.902. The van der Waals surface area contributed by atoms with Crippen LogP contribution in [0.15, 0.2) is 24.3 Å². The van der Waals surface area contributed by atoms with E-state index in [1.807, 2.05) is 45.0 Å². The number of carbonyl (C=O) groups excluding carboxylic acids is 2. The standard InChI is InChI=1S/C15H20N2O2/c1-10(2)16-15(19)12-8-14(18)17(9-12)13-6-4-11(3)5-7-13/h4-7,10,12H,8-9H2,1-3H3,(H,16,19). The van der Waals surface area contributed by atoms with Crippen LogP contribution in [0.5, 0.6) is 0 Å². The monoisotopic (exact) mass is 260 g/mol. The lowest BCUT2D eigenvalue weighted by Crippen LogP contribution is -2.36. The zero-order chi connectivity index (χ0) is 14.0. The number of benzene rings is 1. The fraction of sp³-hybridized carbons (Fsp3) is 0.467. The molecule has 2 amide bonds. The molecule has 0 bridgehead atoms. The van der Waals surface area contributed by atoms with Gasteiger partial charge in [-0.1, -0.05) is 17.7 Å². The fourth-order valence-corrected chi connectivity index (χ4v) is 2.26. The van der Waals surface area contributed by atoms with Crippen molar-refractivity contribution < 1.29 is 9.59 Å². The summed E-state index contributed by atoms with van der Waals surface area (Å²) in [4.78, 5) is 25.6. The Kier molecular flexibility index (Phi) is 3.88. The van der Waals surface area contributed by atoms with E-state index in [0.29, 0.717) is 13.0 Å². The molecule has 1 aromatic carbocycles. The van der Waals surface area contributed by atoms with E-state index in [4.69, 9.17) is 0 Å². The first-order chi connectivity index (χ1) is 8.97. The molecule has 1 aliphatic heterocycles. The van der Waals surface area contributed by atoms with Gasteiger partial charge in [-0.2, -0.15) is 0 Å². The molecule has 1 heterocycles. The molecule has 19 heavy (non-hydrogen) atoms. The highest BCUT2D eigenvalue weighted by molar-refractivity contribution is 6.00. The summed E-state index contributed by atoms with van der Waals surface area (Å²) in [6.07, 6.45) is 0.298. The van der Waals surface area contributed by atoms with E-state index in [1.54, 1.807) is 4.90 Å². The molecule has 0 saturated carbocycles. The maximum atomic E-state index is 12.0. The Labute approximate surface area is 113 Å². The summed E-state index contributed by atoms with van der Waals surface area (Å²) < 4.78 is 0. The number of carbonyl (C=O) groups is 2. The molecule has 0 aromatic heterocycles.